The van der Waals surface area contributed by atoms with E-state index in [0.717, 1.165) is 17.0 Å². The van der Waals surface area contributed by atoms with Gasteiger partial charge in [0.25, 0.3) is 0 Å². The Labute approximate surface area is 88.7 Å². The van der Waals surface area contributed by atoms with Crippen molar-refractivity contribution in [2.24, 2.45) is 0 Å². The molecule has 0 unspecified atom stereocenters. The molecule has 1 aliphatic heterocycles. The van der Waals surface area contributed by atoms with Crippen LogP contribution in [0.2, 0.25) is 0 Å². The molecule has 15 heavy (non-hydrogen) atoms. The molecule has 0 spiro atoms. The van der Waals surface area contributed by atoms with Gasteiger partial charge in [-0.05, 0) is 31.0 Å². The Morgan fingerprint density at radius 3 is 2.87 bits per heavy atom. The minimum absolute atomic E-state index is 0.739. The highest BCUT2D eigenvalue weighted by Crippen LogP contribution is 2.25. The summed E-state index contributed by atoms with van der Waals surface area (Å²) in [5.74, 6) is 0.739. The van der Waals surface area contributed by atoms with E-state index >= 15 is 0 Å². The van der Waals surface area contributed by atoms with Gasteiger partial charge in [0.1, 0.15) is 5.52 Å². The van der Waals surface area contributed by atoms with Crippen molar-refractivity contribution in [3.05, 3.63) is 24.1 Å². The Morgan fingerprint density at radius 1 is 1.27 bits per heavy atom. The van der Waals surface area contributed by atoms with E-state index in [4.69, 9.17) is 4.42 Å². The number of benzene rings is 1. The lowest BCUT2D eigenvalue weighted by Crippen LogP contribution is -2.17. The predicted octanol–water partition coefficient (Wildman–Crippen LogP) is 2.74. The van der Waals surface area contributed by atoms with Crippen LogP contribution in [-0.2, 0) is 0 Å². The van der Waals surface area contributed by atoms with Gasteiger partial charge in [-0.1, -0.05) is 0 Å². The number of nitrogens with zero attached hydrogens (tertiary/aromatic N) is 2. The highest BCUT2D eigenvalue weighted by molar-refractivity contribution is 5.77. The average molecular weight is 202 g/mol. The van der Waals surface area contributed by atoms with Crippen molar-refractivity contribution in [1.82, 2.24) is 4.98 Å². The fourth-order valence-electron chi connectivity index (χ4n) is 2.20. The predicted molar refractivity (Wildman–Crippen MR) is 60.2 cm³/mol. The lowest BCUT2D eigenvalue weighted by Gasteiger charge is -2.16. The molecule has 1 saturated heterocycles. The summed E-state index contributed by atoms with van der Waals surface area (Å²) in [5.41, 5.74) is 3.13. The lowest BCUT2D eigenvalue weighted by molar-refractivity contribution is 0.561. The van der Waals surface area contributed by atoms with Crippen LogP contribution in [-0.4, -0.2) is 18.1 Å². The molecule has 0 atom stereocenters. The van der Waals surface area contributed by atoms with Crippen molar-refractivity contribution in [1.29, 1.82) is 0 Å². The third-order valence-corrected chi connectivity index (χ3v) is 2.95. The van der Waals surface area contributed by atoms with E-state index in [2.05, 4.69) is 22.0 Å². The van der Waals surface area contributed by atoms with E-state index in [1.165, 1.54) is 31.6 Å². The summed E-state index contributed by atoms with van der Waals surface area (Å²) in [6.07, 6.45) is 2.60. The monoisotopic (exact) mass is 202 g/mol. The zero-order valence-corrected chi connectivity index (χ0v) is 8.86. The first kappa shape index (κ1) is 8.77. The van der Waals surface area contributed by atoms with Gasteiger partial charge in [0.05, 0.1) is 0 Å². The van der Waals surface area contributed by atoms with Crippen LogP contribution in [0.3, 0.4) is 0 Å². The number of hydrogen-bond acceptors (Lipinski definition) is 3. The van der Waals surface area contributed by atoms with Gasteiger partial charge in [-0.25, -0.2) is 4.98 Å². The highest BCUT2D eigenvalue weighted by atomic mass is 16.3. The molecular weight excluding hydrogens is 188 g/mol. The molecule has 1 aliphatic rings. The molecule has 0 radical (unpaired) electrons. The van der Waals surface area contributed by atoms with Gasteiger partial charge >= 0.3 is 0 Å². The number of anilines is 1. The molecule has 2 aromatic rings. The zero-order valence-electron chi connectivity index (χ0n) is 8.86. The summed E-state index contributed by atoms with van der Waals surface area (Å²) in [7, 11) is 0. The van der Waals surface area contributed by atoms with Gasteiger partial charge in [-0.2, -0.15) is 0 Å². The summed E-state index contributed by atoms with van der Waals surface area (Å²) >= 11 is 0. The van der Waals surface area contributed by atoms with Crippen LogP contribution >= 0.6 is 0 Å². The number of aryl methyl sites for hydroxylation is 1. The Morgan fingerprint density at radius 2 is 2.07 bits per heavy atom. The van der Waals surface area contributed by atoms with E-state index in [0.29, 0.717) is 0 Å². The summed E-state index contributed by atoms with van der Waals surface area (Å²) < 4.78 is 5.46. The van der Waals surface area contributed by atoms with Crippen LogP contribution in [0.15, 0.2) is 22.6 Å². The SMILES string of the molecule is Cc1nc2cc(N3CCCC3)ccc2o1. The molecule has 2 heterocycles. The maximum Gasteiger partial charge on any atom is 0.192 e. The fraction of sp³-hybridized carbons (Fsp3) is 0.417. The van der Waals surface area contributed by atoms with E-state index < -0.39 is 0 Å². The largest absolute Gasteiger partial charge is 0.441 e. The van der Waals surface area contributed by atoms with Crippen LogP contribution in [0.1, 0.15) is 18.7 Å². The van der Waals surface area contributed by atoms with Gasteiger partial charge in [-0.15, -0.1) is 0 Å². The quantitative estimate of drug-likeness (QED) is 0.712. The molecule has 0 amide bonds. The van der Waals surface area contributed by atoms with E-state index in [1.807, 2.05) is 13.0 Å². The second kappa shape index (κ2) is 3.26. The second-order valence-corrected chi connectivity index (χ2v) is 4.08. The van der Waals surface area contributed by atoms with Crippen LogP contribution in [0.25, 0.3) is 11.1 Å². The van der Waals surface area contributed by atoms with Crippen LogP contribution < -0.4 is 4.90 Å². The maximum atomic E-state index is 5.46. The molecule has 3 rings (SSSR count). The first-order valence-electron chi connectivity index (χ1n) is 5.45. The van der Waals surface area contributed by atoms with Crippen LogP contribution in [0.4, 0.5) is 5.69 Å². The van der Waals surface area contributed by atoms with Crippen molar-refractivity contribution in [3.8, 4) is 0 Å². The first-order valence-corrected chi connectivity index (χ1v) is 5.45. The molecule has 1 aromatic heterocycles. The molecular formula is C12H14N2O. The molecule has 0 N–H and O–H groups in total. The number of oxazole rings is 1. The summed E-state index contributed by atoms with van der Waals surface area (Å²) in [5, 5.41) is 0. The Kier molecular flexibility index (Phi) is 1.91. The van der Waals surface area contributed by atoms with Gasteiger partial charge < -0.3 is 9.32 Å². The summed E-state index contributed by atoms with van der Waals surface area (Å²) in [4.78, 5) is 6.76. The minimum atomic E-state index is 0.739. The Bertz CT molecular complexity index is 483. The van der Waals surface area contributed by atoms with E-state index in [9.17, 15) is 0 Å². The third kappa shape index (κ3) is 1.48. The normalized spacial score (nSPS) is 16.5. The second-order valence-electron chi connectivity index (χ2n) is 4.08. The van der Waals surface area contributed by atoms with Gasteiger partial charge in [0.15, 0.2) is 11.5 Å². The topological polar surface area (TPSA) is 29.3 Å². The number of fused-ring (bicyclic) bond motifs is 1. The van der Waals surface area contributed by atoms with Gasteiger partial charge in [-0.3, -0.25) is 0 Å². The molecule has 78 valence electrons. The number of rotatable bonds is 1. The maximum absolute atomic E-state index is 5.46. The number of hydrogen-bond donors (Lipinski definition) is 0. The highest BCUT2D eigenvalue weighted by Gasteiger charge is 2.13. The van der Waals surface area contributed by atoms with Crippen molar-refractivity contribution in [2.75, 3.05) is 18.0 Å². The van der Waals surface area contributed by atoms with E-state index in [-0.39, 0.29) is 0 Å². The molecule has 0 saturated carbocycles. The Hall–Kier alpha value is -1.51. The fourth-order valence-corrected chi connectivity index (χ4v) is 2.20. The molecule has 3 nitrogen and oxygen atoms in total. The van der Waals surface area contributed by atoms with Crippen molar-refractivity contribution in [3.63, 3.8) is 0 Å². The molecule has 0 bridgehead atoms. The smallest absolute Gasteiger partial charge is 0.192 e. The lowest BCUT2D eigenvalue weighted by atomic mass is 10.2. The van der Waals surface area contributed by atoms with Crippen molar-refractivity contribution in [2.45, 2.75) is 19.8 Å². The van der Waals surface area contributed by atoms with Gasteiger partial charge in [0, 0.05) is 25.7 Å². The zero-order chi connectivity index (χ0) is 10.3. The van der Waals surface area contributed by atoms with Gasteiger partial charge in [0.2, 0.25) is 0 Å². The molecule has 1 fully saturated rings. The minimum Gasteiger partial charge on any atom is -0.441 e. The van der Waals surface area contributed by atoms with Crippen molar-refractivity contribution >= 4 is 16.8 Å². The summed E-state index contributed by atoms with van der Waals surface area (Å²) in [6, 6.07) is 6.26. The van der Waals surface area contributed by atoms with E-state index in [1.54, 1.807) is 0 Å². The molecule has 3 heteroatoms. The Balaban J connectivity index is 2.04. The third-order valence-electron chi connectivity index (χ3n) is 2.95. The molecule has 0 aliphatic carbocycles. The van der Waals surface area contributed by atoms with Crippen LogP contribution in [0, 0.1) is 6.92 Å². The molecule has 1 aromatic carbocycles. The standard InChI is InChI=1S/C12H14N2O/c1-9-13-11-8-10(4-5-12(11)15-9)14-6-2-3-7-14/h4-5,8H,2-3,6-7H2,1H3. The van der Waals surface area contributed by atoms with Crippen molar-refractivity contribution < 1.29 is 4.42 Å². The number of aromatic nitrogens is 1. The summed E-state index contributed by atoms with van der Waals surface area (Å²) in [6.45, 7) is 4.22. The van der Waals surface area contributed by atoms with Crippen LogP contribution in [0.5, 0.6) is 0 Å². The first-order chi connectivity index (χ1) is 7.33. The average Bonchev–Trinajstić information content (AvgIpc) is 2.82.